The number of rotatable bonds is 6. The number of alkyl halides is 3. The van der Waals surface area contributed by atoms with E-state index < -0.39 is 24.1 Å². The van der Waals surface area contributed by atoms with Crippen molar-refractivity contribution in [2.45, 2.75) is 26.6 Å². The second-order valence-electron chi connectivity index (χ2n) is 6.39. The number of methoxy groups -OCH3 is 1. The van der Waals surface area contributed by atoms with Gasteiger partial charge in [0.15, 0.2) is 23.0 Å². The summed E-state index contributed by atoms with van der Waals surface area (Å²) in [4.78, 5) is 23.6. The Balaban J connectivity index is 2.26. The molecule has 1 heterocycles. The van der Waals surface area contributed by atoms with Gasteiger partial charge < -0.3 is 18.9 Å². The van der Waals surface area contributed by atoms with Crippen LogP contribution < -0.4 is 18.9 Å². The molecule has 10 heteroatoms. The average molecular weight is 454 g/mol. The lowest BCUT2D eigenvalue weighted by molar-refractivity contribution is -0.274. The SMILES string of the molecule is C=C(C)C(=O)Oc1ccc2c(sc3c(OC(F)(F)F)c(OC(=O)CC)ccc32)c1OC. The number of hydrogen-bond acceptors (Lipinski definition) is 7. The fraction of sp³-hybridized carbons (Fsp3) is 0.238. The smallest absolute Gasteiger partial charge is 0.491 e. The number of fused-ring (bicyclic) bond motifs is 3. The molecule has 0 spiro atoms. The van der Waals surface area contributed by atoms with E-state index in [4.69, 9.17) is 14.2 Å². The molecule has 0 amide bonds. The van der Waals surface area contributed by atoms with E-state index in [0.717, 1.165) is 11.3 Å². The van der Waals surface area contributed by atoms with E-state index in [2.05, 4.69) is 11.3 Å². The summed E-state index contributed by atoms with van der Waals surface area (Å²) in [5.74, 6) is -2.11. The van der Waals surface area contributed by atoms with Crippen molar-refractivity contribution in [3.05, 3.63) is 36.4 Å². The molecule has 0 bridgehead atoms. The van der Waals surface area contributed by atoms with Gasteiger partial charge in [0, 0.05) is 22.8 Å². The number of hydrogen-bond donors (Lipinski definition) is 0. The molecule has 6 nitrogen and oxygen atoms in total. The number of halogens is 3. The average Bonchev–Trinajstić information content (AvgIpc) is 3.07. The first-order chi connectivity index (χ1) is 14.6. The van der Waals surface area contributed by atoms with Crippen molar-refractivity contribution in [2.75, 3.05) is 7.11 Å². The van der Waals surface area contributed by atoms with Gasteiger partial charge in [0.25, 0.3) is 0 Å². The minimum absolute atomic E-state index is 0.0266. The van der Waals surface area contributed by atoms with Crippen molar-refractivity contribution in [3.8, 4) is 23.0 Å². The van der Waals surface area contributed by atoms with E-state index >= 15 is 0 Å². The van der Waals surface area contributed by atoms with Crippen molar-refractivity contribution < 1.29 is 41.7 Å². The first kappa shape index (κ1) is 22.4. The van der Waals surface area contributed by atoms with Gasteiger partial charge in [-0.2, -0.15) is 0 Å². The monoisotopic (exact) mass is 454 g/mol. The zero-order valence-corrected chi connectivity index (χ0v) is 17.5. The van der Waals surface area contributed by atoms with Crippen LogP contribution in [0.4, 0.5) is 13.2 Å². The number of carbonyl (C=O) groups is 2. The second-order valence-corrected chi connectivity index (χ2v) is 7.41. The first-order valence-electron chi connectivity index (χ1n) is 8.96. The van der Waals surface area contributed by atoms with Crippen molar-refractivity contribution in [3.63, 3.8) is 0 Å². The number of carbonyl (C=O) groups excluding carboxylic acids is 2. The number of ether oxygens (including phenoxy) is 4. The van der Waals surface area contributed by atoms with Gasteiger partial charge in [-0.1, -0.05) is 13.5 Å². The third kappa shape index (κ3) is 4.58. The molecule has 0 atom stereocenters. The Labute approximate surface area is 178 Å². The maximum Gasteiger partial charge on any atom is 0.573 e. The fourth-order valence-corrected chi connectivity index (χ4v) is 4.06. The number of benzene rings is 2. The molecule has 0 saturated heterocycles. The van der Waals surface area contributed by atoms with Crippen molar-refractivity contribution in [1.29, 1.82) is 0 Å². The maximum atomic E-state index is 13.1. The highest BCUT2D eigenvalue weighted by molar-refractivity contribution is 7.26. The van der Waals surface area contributed by atoms with Gasteiger partial charge in [-0.25, -0.2) is 4.79 Å². The van der Waals surface area contributed by atoms with Crippen molar-refractivity contribution in [1.82, 2.24) is 0 Å². The molecule has 2 aromatic carbocycles. The van der Waals surface area contributed by atoms with Gasteiger partial charge in [0.05, 0.1) is 16.5 Å². The summed E-state index contributed by atoms with van der Waals surface area (Å²) < 4.78 is 59.7. The molecule has 0 fully saturated rings. The molecule has 164 valence electrons. The molecule has 0 N–H and O–H groups in total. The van der Waals surface area contributed by atoms with Crippen LogP contribution >= 0.6 is 11.3 Å². The summed E-state index contributed by atoms with van der Waals surface area (Å²) in [6.45, 7) is 6.51. The molecule has 31 heavy (non-hydrogen) atoms. The Morgan fingerprint density at radius 2 is 1.55 bits per heavy atom. The molecule has 3 aromatic rings. The molecule has 0 radical (unpaired) electrons. The predicted molar refractivity (Wildman–Crippen MR) is 109 cm³/mol. The molecule has 0 aliphatic heterocycles. The van der Waals surface area contributed by atoms with E-state index in [0.29, 0.717) is 15.5 Å². The minimum Gasteiger partial charge on any atom is -0.491 e. The molecule has 0 saturated carbocycles. The van der Waals surface area contributed by atoms with Gasteiger partial charge in [-0.15, -0.1) is 24.5 Å². The van der Waals surface area contributed by atoms with Crippen LogP contribution in [0.25, 0.3) is 20.2 Å². The van der Waals surface area contributed by atoms with Crippen molar-refractivity contribution in [2.24, 2.45) is 0 Å². The van der Waals surface area contributed by atoms with Gasteiger partial charge in [-0.05, 0) is 31.2 Å². The molecule has 0 aliphatic carbocycles. The summed E-state index contributed by atoms with van der Waals surface area (Å²) in [6.07, 6.45) is -5.04. The highest BCUT2D eigenvalue weighted by Gasteiger charge is 2.34. The van der Waals surface area contributed by atoms with Crippen LogP contribution in [-0.4, -0.2) is 25.4 Å². The van der Waals surface area contributed by atoms with Gasteiger partial charge in [0.2, 0.25) is 0 Å². The van der Waals surface area contributed by atoms with Crippen LogP contribution in [0.3, 0.4) is 0 Å². The Morgan fingerprint density at radius 3 is 2.03 bits per heavy atom. The lowest BCUT2D eigenvalue weighted by Gasteiger charge is -2.13. The third-order valence-corrected chi connectivity index (χ3v) is 5.35. The lowest BCUT2D eigenvalue weighted by Crippen LogP contribution is -2.18. The summed E-state index contributed by atoms with van der Waals surface area (Å²) in [5, 5.41) is 0.971. The van der Waals surface area contributed by atoms with Gasteiger partial charge in [-0.3, -0.25) is 4.79 Å². The molecule has 0 unspecified atom stereocenters. The lowest BCUT2D eigenvalue weighted by atomic mass is 10.1. The number of thiophene rings is 1. The van der Waals surface area contributed by atoms with Crippen molar-refractivity contribution >= 4 is 43.4 Å². The third-order valence-electron chi connectivity index (χ3n) is 4.13. The van der Waals surface area contributed by atoms with E-state index in [1.54, 1.807) is 6.07 Å². The standard InChI is InChI=1S/C21H17F3O6S/c1-5-15(25)28-14-9-7-12-11-6-8-13(29-20(26)10(2)3)16(27-4)18(11)31-19(12)17(14)30-21(22,23)24/h6-9H,2,5H2,1,3-4H3. The van der Waals surface area contributed by atoms with E-state index in [1.807, 2.05) is 0 Å². The second kappa shape index (κ2) is 8.46. The predicted octanol–water partition coefficient (Wildman–Crippen LogP) is 5.76. The Hall–Kier alpha value is -3.27. The maximum absolute atomic E-state index is 13.1. The first-order valence-corrected chi connectivity index (χ1v) is 9.77. The Kier molecular flexibility index (Phi) is 6.12. The Bertz CT molecular complexity index is 1200. The zero-order valence-electron chi connectivity index (χ0n) is 16.7. The quantitative estimate of drug-likeness (QED) is 0.268. The van der Waals surface area contributed by atoms with Gasteiger partial charge >= 0.3 is 18.3 Å². The topological polar surface area (TPSA) is 71.1 Å². The molecule has 1 aromatic heterocycles. The molecule has 3 rings (SSSR count). The van der Waals surface area contributed by atoms with Gasteiger partial charge in [0.1, 0.15) is 0 Å². The van der Waals surface area contributed by atoms with Crippen LogP contribution in [0.5, 0.6) is 23.0 Å². The van der Waals surface area contributed by atoms with Crippen LogP contribution in [0.1, 0.15) is 20.3 Å². The van der Waals surface area contributed by atoms with E-state index in [-0.39, 0.29) is 33.9 Å². The minimum atomic E-state index is -5.01. The van der Waals surface area contributed by atoms with Crippen LogP contribution in [0.2, 0.25) is 0 Å². The molecular formula is C21H17F3O6S. The van der Waals surface area contributed by atoms with Crippen LogP contribution in [-0.2, 0) is 9.59 Å². The number of esters is 2. The zero-order chi connectivity index (χ0) is 22.9. The Morgan fingerprint density at radius 1 is 1.00 bits per heavy atom. The van der Waals surface area contributed by atoms with E-state index in [9.17, 15) is 22.8 Å². The molecule has 0 aliphatic rings. The highest BCUT2D eigenvalue weighted by atomic mass is 32.1. The fourth-order valence-electron chi connectivity index (χ4n) is 2.77. The summed E-state index contributed by atoms with van der Waals surface area (Å²) >= 11 is 0.924. The van der Waals surface area contributed by atoms with Crippen LogP contribution in [0.15, 0.2) is 36.4 Å². The largest absolute Gasteiger partial charge is 0.573 e. The normalized spacial score (nSPS) is 11.4. The van der Waals surface area contributed by atoms with Crippen LogP contribution in [0, 0.1) is 0 Å². The summed E-state index contributed by atoms with van der Waals surface area (Å²) in [5.41, 5.74) is 0.168. The van der Waals surface area contributed by atoms with E-state index in [1.165, 1.54) is 39.2 Å². The highest BCUT2D eigenvalue weighted by Crippen LogP contribution is 2.50. The molecular weight excluding hydrogens is 437 g/mol. The summed E-state index contributed by atoms with van der Waals surface area (Å²) in [7, 11) is 1.35. The summed E-state index contributed by atoms with van der Waals surface area (Å²) in [6, 6.07) is 5.83.